The molecule has 1 amide bonds. The zero-order valence-electron chi connectivity index (χ0n) is 21.6. The lowest BCUT2D eigenvalue weighted by Crippen LogP contribution is -2.40. The summed E-state index contributed by atoms with van der Waals surface area (Å²) in [6.45, 7) is 2.65. The van der Waals surface area contributed by atoms with E-state index in [0.29, 0.717) is 31.4 Å². The summed E-state index contributed by atoms with van der Waals surface area (Å²) in [7, 11) is 3.84. The first kappa shape index (κ1) is 25.3. The summed E-state index contributed by atoms with van der Waals surface area (Å²) in [6.07, 6.45) is 9.88. The standard InChI is InChI=1S/C28H29N7O3/c1-18-31-25(34-38-18)28(12-10-20(11-13-28)23-7-5-4-6-22(23)19-8-9-19)26(36)33-27-30-17-21(16-29)24(32-27)37-15-14-35(2)3/h4-7,10-12,17,19H,8-9,13-15H2,1-3H3,(H,30,32,33,36). The lowest BCUT2D eigenvalue weighted by molar-refractivity contribution is -0.120. The molecule has 0 spiro atoms. The summed E-state index contributed by atoms with van der Waals surface area (Å²) in [5.41, 5.74) is 2.54. The molecule has 1 unspecified atom stereocenters. The minimum Gasteiger partial charge on any atom is -0.475 e. The Balaban J connectivity index is 1.42. The smallest absolute Gasteiger partial charge is 0.245 e. The number of amides is 1. The second-order valence-electron chi connectivity index (χ2n) is 9.80. The van der Waals surface area contributed by atoms with E-state index in [9.17, 15) is 10.1 Å². The third-order valence-corrected chi connectivity index (χ3v) is 6.69. The molecule has 2 heterocycles. The second-order valence-corrected chi connectivity index (χ2v) is 9.80. The van der Waals surface area contributed by atoms with Crippen molar-refractivity contribution in [3.63, 3.8) is 0 Å². The maximum atomic E-state index is 13.8. The predicted molar refractivity (Wildman–Crippen MR) is 140 cm³/mol. The van der Waals surface area contributed by atoms with Gasteiger partial charge >= 0.3 is 0 Å². The van der Waals surface area contributed by atoms with Gasteiger partial charge in [-0.3, -0.25) is 10.1 Å². The second kappa shape index (κ2) is 10.6. The third kappa shape index (κ3) is 5.19. The minimum absolute atomic E-state index is 0.0238. The summed E-state index contributed by atoms with van der Waals surface area (Å²) in [4.78, 5) is 28.6. The maximum Gasteiger partial charge on any atom is 0.245 e. The summed E-state index contributed by atoms with van der Waals surface area (Å²) in [5.74, 6) is 0.936. The molecule has 38 heavy (non-hydrogen) atoms. The highest BCUT2D eigenvalue weighted by Gasteiger charge is 2.43. The molecule has 0 radical (unpaired) electrons. The first-order valence-corrected chi connectivity index (χ1v) is 12.6. The van der Waals surface area contributed by atoms with E-state index in [2.05, 4.69) is 43.6 Å². The van der Waals surface area contributed by atoms with Gasteiger partial charge in [0, 0.05) is 13.5 Å². The number of carbonyl (C=O) groups is 1. The van der Waals surface area contributed by atoms with Crippen LogP contribution in [-0.2, 0) is 10.2 Å². The number of allylic oxidation sites excluding steroid dienone is 3. The van der Waals surface area contributed by atoms with Gasteiger partial charge in [0.15, 0.2) is 5.82 Å². The van der Waals surface area contributed by atoms with Crippen LogP contribution in [0.5, 0.6) is 5.88 Å². The number of carbonyl (C=O) groups excluding carboxylic acids is 1. The maximum absolute atomic E-state index is 13.8. The van der Waals surface area contributed by atoms with Gasteiger partial charge in [0.05, 0.1) is 6.20 Å². The van der Waals surface area contributed by atoms with Gasteiger partial charge in [0.25, 0.3) is 0 Å². The molecule has 2 aromatic heterocycles. The molecule has 10 nitrogen and oxygen atoms in total. The predicted octanol–water partition coefficient (Wildman–Crippen LogP) is 3.78. The molecule has 1 fully saturated rings. The number of rotatable bonds is 9. The molecule has 2 aliphatic rings. The molecule has 5 rings (SSSR count). The molecule has 1 N–H and O–H groups in total. The monoisotopic (exact) mass is 511 g/mol. The van der Waals surface area contributed by atoms with E-state index in [1.54, 1.807) is 6.92 Å². The third-order valence-electron chi connectivity index (χ3n) is 6.69. The number of ether oxygens (including phenoxy) is 1. The van der Waals surface area contributed by atoms with Crippen molar-refractivity contribution in [2.24, 2.45) is 0 Å². The fraction of sp³-hybridized carbons (Fsp3) is 0.357. The highest BCUT2D eigenvalue weighted by atomic mass is 16.5. The van der Waals surface area contributed by atoms with Crippen molar-refractivity contribution in [2.45, 2.75) is 37.5 Å². The molecule has 10 heteroatoms. The number of anilines is 1. The van der Waals surface area contributed by atoms with Crippen molar-refractivity contribution in [2.75, 3.05) is 32.6 Å². The Labute approximate surface area is 221 Å². The van der Waals surface area contributed by atoms with Gasteiger partial charge in [-0.05, 0) is 56.0 Å². The van der Waals surface area contributed by atoms with Crippen LogP contribution in [-0.4, -0.2) is 58.2 Å². The number of nitriles is 1. The summed E-state index contributed by atoms with van der Waals surface area (Å²) < 4.78 is 10.9. The minimum atomic E-state index is -1.22. The number of aromatic nitrogens is 4. The van der Waals surface area contributed by atoms with E-state index in [1.807, 2.05) is 49.4 Å². The number of hydrogen-bond donors (Lipinski definition) is 1. The Hall–Kier alpha value is -4.36. The highest BCUT2D eigenvalue weighted by molar-refractivity contribution is 6.00. The zero-order chi connectivity index (χ0) is 26.7. The number of hydrogen-bond acceptors (Lipinski definition) is 9. The largest absolute Gasteiger partial charge is 0.475 e. The van der Waals surface area contributed by atoms with Crippen LogP contribution in [0.3, 0.4) is 0 Å². The van der Waals surface area contributed by atoms with E-state index in [4.69, 9.17) is 9.26 Å². The van der Waals surface area contributed by atoms with Gasteiger partial charge in [-0.25, -0.2) is 4.98 Å². The van der Waals surface area contributed by atoms with Crippen molar-refractivity contribution in [1.29, 1.82) is 5.26 Å². The first-order chi connectivity index (χ1) is 18.4. The lowest BCUT2D eigenvalue weighted by atomic mass is 9.77. The fourth-order valence-electron chi connectivity index (χ4n) is 4.42. The fourth-order valence-corrected chi connectivity index (χ4v) is 4.42. The van der Waals surface area contributed by atoms with Crippen LogP contribution in [0.15, 0.2) is 53.2 Å². The molecule has 3 aromatic rings. The molecule has 1 saturated carbocycles. The molecule has 0 saturated heterocycles. The highest BCUT2D eigenvalue weighted by Crippen LogP contribution is 2.45. The average molecular weight is 512 g/mol. The molecule has 0 aliphatic heterocycles. The summed E-state index contributed by atoms with van der Waals surface area (Å²) in [5, 5.41) is 16.3. The van der Waals surface area contributed by atoms with Crippen LogP contribution in [0.2, 0.25) is 0 Å². The number of nitrogens with one attached hydrogen (secondary N) is 1. The molecular formula is C28H29N7O3. The summed E-state index contributed by atoms with van der Waals surface area (Å²) in [6, 6.07) is 10.4. The van der Waals surface area contributed by atoms with Crippen molar-refractivity contribution < 1.29 is 14.1 Å². The molecule has 2 aliphatic carbocycles. The Bertz CT molecular complexity index is 1450. The Morgan fingerprint density at radius 1 is 1.29 bits per heavy atom. The SMILES string of the molecule is Cc1nc(C2(C(=O)Nc3ncc(C#N)c(OCCN(C)C)n3)C=CC(c3ccccc3C3CC3)=CC2)no1. The van der Waals surface area contributed by atoms with Gasteiger partial charge in [0.2, 0.25) is 23.6 Å². The van der Waals surface area contributed by atoms with Crippen molar-refractivity contribution in [3.05, 3.63) is 77.1 Å². The van der Waals surface area contributed by atoms with Crippen LogP contribution in [0.25, 0.3) is 5.57 Å². The van der Waals surface area contributed by atoms with Crippen LogP contribution >= 0.6 is 0 Å². The van der Waals surface area contributed by atoms with Crippen molar-refractivity contribution >= 4 is 17.4 Å². The van der Waals surface area contributed by atoms with Gasteiger partial charge in [-0.2, -0.15) is 15.2 Å². The number of benzene rings is 1. The van der Waals surface area contributed by atoms with Crippen molar-refractivity contribution in [1.82, 2.24) is 25.0 Å². The van der Waals surface area contributed by atoms with Crippen LogP contribution in [0.1, 0.15) is 53.6 Å². The molecule has 194 valence electrons. The quantitative estimate of drug-likeness (QED) is 0.456. The van der Waals surface area contributed by atoms with E-state index in [-0.39, 0.29) is 23.2 Å². The normalized spacial score (nSPS) is 18.7. The van der Waals surface area contributed by atoms with Crippen LogP contribution in [0.4, 0.5) is 5.95 Å². The lowest BCUT2D eigenvalue weighted by Gasteiger charge is -2.28. The van der Waals surface area contributed by atoms with Gasteiger partial charge in [0.1, 0.15) is 23.7 Å². The topological polar surface area (TPSA) is 130 Å². The van der Waals surface area contributed by atoms with E-state index < -0.39 is 11.3 Å². The van der Waals surface area contributed by atoms with Gasteiger partial charge < -0.3 is 14.2 Å². The first-order valence-electron chi connectivity index (χ1n) is 12.6. The van der Waals surface area contributed by atoms with E-state index in [1.165, 1.54) is 30.2 Å². The average Bonchev–Trinajstić information content (AvgIpc) is 3.68. The van der Waals surface area contributed by atoms with Crippen LogP contribution in [0, 0.1) is 18.3 Å². The molecule has 1 atom stereocenters. The van der Waals surface area contributed by atoms with E-state index >= 15 is 0 Å². The number of likely N-dealkylation sites (N-methyl/N-ethyl adjacent to an activating group) is 1. The Kier molecular flexibility index (Phi) is 7.03. The van der Waals surface area contributed by atoms with Crippen molar-refractivity contribution in [3.8, 4) is 11.9 Å². The zero-order valence-corrected chi connectivity index (χ0v) is 21.6. The van der Waals surface area contributed by atoms with Crippen LogP contribution < -0.4 is 10.1 Å². The Morgan fingerprint density at radius 2 is 2.11 bits per heavy atom. The Morgan fingerprint density at radius 3 is 2.76 bits per heavy atom. The van der Waals surface area contributed by atoms with Gasteiger partial charge in [-0.1, -0.05) is 47.7 Å². The molecule has 1 aromatic carbocycles. The molecular weight excluding hydrogens is 482 g/mol. The molecule has 0 bridgehead atoms. The number of aryl methyl sites for hydroxylation is 1. The van der Waals surface area contributed by atoms with Gasteiger partial charge in [-0.15, -0.1) is 0 Å². The van der Waals surface area contributed by atoms with E-state index in [0.717, 1.165) is 5.57 Å². The number of nitrogens with zero attached hydrogens (tertiary/aromatic N) is 6. The summed E-state index contributed by atoms with van der Waals surface area (Å²) >= 11 is 0.